The molecule has 0 radical (unpaired) electrons. The number of piperidine rings is 1. The van der Waals surface area contributed by atoms with Crippen LogP contribution in [0.25, 0.3) is 0 Å². The van der Waals surface area contributed by atoms with Crippen molar-refractivity contribution in [3.05, 3.63) is 29.8 Å². The minimum atomic E-state index is -3.41. The Kier molecular flexibility index (Phi) is 9.03. The van der Waals surface area contributed by atoms with Crippen molar-refractivity contribution in [3.8, 4) is 0 Å². The highest BCUT2D eigenvalue weighted by Crippen LogP contribution is 2.21. The molecule has 8 heteroatoms. The second kappa shape index (κ2) is 11.3. The average Bonchev–Trinajstić information content (AvgIpc) is 2.70. The summed E-state index contributed by atoms with van der Waals surface area (Å²) in [4.78, 5) is 4.92. The number of nitrogens with zero attached hydrogens (tertiary/aromatic N) is 2. The molecule has 1 heterocycles. The molecule has 0 spiro atoms. The van der Waals surface area contributed by atoms with Crippen LogP contribution in [0, 0.1) is 0 Å². The average molecular weight is 397 g/mol. The Bertz CT molecular complexity index is 701. The molecule has 0 aliphatic carbocycles. The van der Waals surface area contributed by atoms with Crippen molar-refractivity contribution in [3.63, 3.8) is 0 Å². The van der Waals surface area contributed by atoms with Gasteiger partial charge in [-0.15, -0.1) is 0 Å². The van der Waals surface area contributed by atoms with Crippen LogP contribution >= 0.6 is 0 Å². The maximum Gasteiger partial charge on any atom is 0.243 e. The van der Waals surface area contributed by atoms with Gasteiger partial charge in [0, 0.05) is 39.9 Å². The van der Waals surface area contributed by atoms with Crippen LogP contribution in [0.15, 0.2) is 34.2 Å². The van der Waals surface area contributed by atoms with E-state index in [4.69, 9.17) is 4.74 Å². The molecule has 0 bridgehead atoms. The Hall–Kier alpha value is -1.64. The van der Waals surface area contributed by atoms with E-state index in [2.05, 4.69) is 15.6 Å². The van der Waals surface area contributed by atoms with Gasteiger partial charge in [0.2, 0.25) is 10.0 Å². The molecule has 27 heavy (non-hydrogen) atoms. The molecule has 1 fully saturated rings. The molecule has 0 atom stereocenters. The van der Waals surface area contributed by atoms with Crippen molar-refractivity contribution in [1.29, 1.82) is 0 Å². The molecule has 1 aromatic rings. The molecule has 152 valence electrons. The van der Waals surface area contributed by atoms with Gasteiger partial charge in [-0.2, -0.15) is 4.31 Å². The van der Waals surface area contributed by atoms with Crippen molar-refractivity contribution in [2.24, 2.45) is 4.99 Å². The van der Waals surface area contributed by atoms with Gasteiger partial charge < -0.3 is 15.4 Å². The lowest BCUT2D eigenvalue weighted by Crippen LogP contribution is -2.38. The number of guanidine groups is 1. The number of methoxy groups -OCH3 is 1. The number of benzene rings is 1. The maximum atomic E-state index is 12.8. The lowest BCUT2D eigenvalue weighted by Gasteiger charge is -2.26. The summed E-state index contributed by atoms with van der Waals surface area (Å²) in [7, 11) is -1.73. The highest BCUT2D eigenvalue weighted by molar-refractivity contribution is 7.89. The monoisotopic (exact) mass is 396 g/mol. The SMILES string of the molecule is CCNC(=NCc1cccc(S(=O)(=O)N2CCCCC2)c1)NCCCOC. The van der Waals surface area contributed by atoms with Crippen molar-refractivity contribution in [2.45, 2.75) is 44.0 Å². The number of sulfonamides is 1. The fourth-order valence-electron chi connectivity index (χ4n) is 2.99. The van der Waals surface area contributed by atoms with E-state index in [9.17, 15) is 8.42 Å². The first-order valence-corrected chi connectivity index (χ1v) is 11.1. The first-order chi connectivity index (χ1) is 13.1. The molecule has 2 N–H and O–H groups in total. The zero-order valence-electron chi connectivity index (χ0n) is 16.4. The summed E-state index contributed by atoms with van der Waals surface area (Å²) < 4.78 is 32.3. The van der Waals surface area contributed by atoms with Crippen molar-refractivity contribution in [2.75, 3.05) is 39.9 Å². The first-order valence-electron chi connectivity index (χ1n) is 9.68. The first kappa shape index (κ1) is 21.7. The van der Waals surface area contributed by atoms with E-state index in [1.165, 1.54) is 0 Å². The molecule has 1 aliphatic rings. The van der Waals surface area contributed by atoms with Gasteiger partial charge in [0.25, 0.3) is 0 Å². The minimum absolute atomic E-state index is 0.357. The van der Waals surface area contributed by atoms with Gasteiger partial charge in [-0.1, -0.05) is 18.6 Å². The lowest BCUT2D eigenvalue weighted by molar-refractivity contribution is 0.195. The van der Waals surface area contributed by atoms with Crippen LogP contribution in [0.2, 0.25) is 0 Å². The normalized spacial score (nSPS) is 16.3. The molecular formula is C19H32N4O3S. The van der Waals surface area contributed by atoms with Crippen LogP contribution in [0.4, 0.5) is 0 Å². The molecule has 1 aliphatic heterocycles. The molecule has 0 aromatic heterocycles. The molecule has 1 saturated heterocycles. The predicted molar refractivity (Wildman–Crippen MR) is 108 cm³/mol. The Morgan fingerprint density at radius 2 is 2.00 bits per heavy atom. The Morgan fingerprint density at radius 3 is 2.70 bits per heavy atom. The summed E-state index contributed by atoms with van der Waals surface area (Å²) in [6.07, 6.45) is 3.86. The van der Waals surface area contributed by atoms with E-state index in [0.717, 1.165) is 50.3 Å². The summed E-state index contributed by atoms with van der Waals surface area (Å²) in [6, 6.07) is 7.11. The number of hydrogen-bond donors (Lipinski definition) is 2. The molecule has 0 unspecified atom stereocenters. The summed E-state index contributed by atoms with van der Waals surface area (Å²) >= 11 is 0. The van der Waals surface area contributed by atoms with E-state index in [1.807, 2.05) is 13.0 Å². The summed E-state index contributed by atoms with van der Waals surface area (Å²) in [5.41, 5.74) is 0.877. The third kappa shape index (κ3) is 6.79. The summed E-state index contributed by atoms with van der Waals surface area (Å²) in [6.45, 7) is 5.88. The van der Waals surface area contributed by atoms with Crippen LogP contribution in [0.5, 0.6) is 0 Å². The predicted octanol–water partition coefficient (Wildman–Crippen LogP) is 1.95. The van der Waals surface area contributed by atoms with Crippen LogP contribution in [0.1, 0.15) is 38.2 Å². The van der Waals surface area contributed by atoms with E-state index < -0.39 is 10.0 Å². The highest BCUT2D eigenvalue weighted by Gasteiger charge is 2.25. The number of hydrogen-bond acceptors (Lipinski definition) is 4. The fraction of sp³-hybridized carbons (Fsp3) is 0.632. The van der Waals surface area contributed by atoms with Crippen molar-refractivity contribution < 1.29 is 13.2 Å². The summed E-state index contributed by atoms with van der Waals surface area (Å²) in [5.74, 6) is 0.720. The van der Waals surface area contributed by atoms with Gasteiger partial charge in [0.05, 0.1) is 11.4 Å². The third-order valence-electron chi connectivity index (χ3n) is 4.43. The molecule has 7 nitrogen and oxygen atoms in total. The number of ether oxygens (including phenoxy) is 1. The molecular weight excluding hydrogens is 364 g/mol. The van der Waals surface area contributed by atoms with E-state index >= 15 is 0 Å². The smallest absolute Gasteiger partial charge is 0.243 e. The highest BCUT2D eigenvalue weighted by atomic mass is 32.2. The van der Waals surface area contributed by atoms with Gasteiger partial charge in [-0.3, -0.25) is 0 Å². The number of aliphatic imine (C=N–C) groups is 1. The maximum absolute atomic E-state index is 12.8. The summed E-state index contributed by atoms with van der Waals surface area (Å²) in [5, 5.41) is 6.45. The molecule has 2 rings (SSSR count). The van der Waals surface area contributed by atoms with Gasteiger partial charge in [-0.05, 0) is 43.9 Å². The zero-order valence-corrected chi connectivity index (χ0v) is 17.2. The standard InChI is InChI=1S/C19H32N4O3S/c1-3-20-19(21-11-8-14-26-2)22-16-17-9-7-10-18(15-17)27(24,25)23-12-5-4-6-13-23/h7,9-10,15H,3-6,8,11-14,16H2,1-2H3,(H2,20,21,22). The van der Waals surface area contributed by atoms with Gasteiger partial charge >= 0.3 is 0 Å². The van der Waals surface area contributed by atoms with Crippen LogP contribution < -0.4 is 10.6 Å². The van der Waals surface area contributed by atoms with Crippen molar-refractivity contribution in [1.82, 2.24) is 14.9 Å². The second-order valence-electron chi connectivity index (χ2n) is 6.58. The minimum Gasteiger partial charge on any atom is -0.385 e. The lowest BCUT2D eigenvalue weighted by atomic mass is 10.2. The quantitative estimate of drug-likeness (QED) is 0.379. The van der Waals surface area contributed by atoms with Crippen LogP contribution in [-0.4, -0.2) is 58.6 Å². The molecule has 0 saturated carbocycles. The largest absolute Gasteiger partial charge is 0.385 e. The van der Waals surface area contributed by atoms with Crippen LogP contribution in [0.3, 0.4) is 0 Å². The Balaban J connectivity index is 2.04. The topological polar surface area (TPSA) is 83.0 Å². The number of rotatable bonds is 9. The van der Waals surface area contributed by atoms with Gasteiger partial charge in [0.1, 0.15) is 0 Å². The molecule has 1 aromatic carbocycles. The van der Waals surface area contributed by atoms with E-state index in [1.54, 1.807) is 29.6 Å². The number of nitrogens with one attached hydrogen (secondary N) is 2. The molecule has 0 amide bonds. The Labute approximate surface area is 163 Å². The third-order valence-corrected chi connectivity index (χ3v) is 6.33. The van der Waals surface area contributed by atoms with Gasteiger partial charge in [-0.25, -0.2) is 13.4 Å². The van der Waals surface area contributed by atoms with E-state index in [-0.39, 0.29) is 0 Å². The van der Waals surface area contributed by atoms with Crippen LogP contribution in [-0.2, 0) is 21.3 Å². The van der Waals surface area contributed by atoms with E-state index in [0.29, 0.717) is 31.1 Å². The Morgan fingerprint density at radius 1 is 1.22 bits per heavy atom. The fourth-order valence-corrected chi connectivity index (χ4v) is 4.58. The van der Waals surface area contributed by atoms with Gasteiger partial charge in [0.15, 0.2) is 5.96 Å². The second-order valence-corrected chi connectivity index (χ2v) is 8.52. The van der Waals surface area contributed by atoms with Crippen molar-refractivity contribution >= 4 is 16.0 Å². The zero-order chi connectivity index (χ0) is 19.5.